The van der Waals surface area contributed by atoms with E-state index in [-0.39, 0.29) is 25.0 Å². The molecule has 6 N–H and O–H groups in total. The molecule has 2 rings (SSSR count). The van der Waals surface area contributed by atoms with Gasteiger partial charge in [0, 0.05) is 12.8 Å². The van der Waals surface area contributed by atoms with Gasteiger partial charge in [-0.15, -0.1) is 0 Å². The lowest BCUT2D eigenvalue weighted by atomic mass is 9.85. The lowest BCUT2D eigenvalue weighted by Gasteiger charge is -2.41. The number of aliphatic hydroxyl groups excluding tert-OH is 5. The van der Waals surface area contributed by atoms with E-state index in [2.05, 4.69) is 38.2 Å². The first-order valence-corrected chi connectivity index (χ1v) is 25.4. The van der Waals surface area contributed by atoms with Crippen molar-refractivity contribution in [1.29, 1.82) is 0 Å². The summed E-state index contributed by atoms with van der Waals surface area (Å²) in [5, 5.41) is 50.2. The highest BCUT2D eigenvalue weighted by Crippen LogP contribution is 2.47. The van der Waals surface area contributed by atoms with E-state index < -0.39 is 75.7 Å². The number of rotatable bonds is 38. The molecule has 0 aromatic rings. The molecule has 1 heterocycles. The second-order valence-corrected chi connectivity index (χ2v) is 18.4. The second kappa shape index (κ2) is 34.4. The number of aliphatic hydroxyl groups is 5. The maximum Gasteiger partial charge on any atom is 0.472 e. The van der Waals surface area contributed by atoms with E-state index in [9.17, 15) is 44.6 Å². The van der Waals surface area contributed by atoms with Gasteiger partial charge in [0.1, 0.15) is 43.2 Å². The fraction of sp³-hybridized carbons (Fsp3) is 0.830. The minimum atomic E-state index is -5.14. The molecule has 0 amide bonds. The summed E-state index contributed by atoms with van der Waals surface area (Å²) in [6.45, 7) is 3.22. The number of hydrogen-bond acceptors (Lipinski definition) is 13. The summed E-state index contributed by atoms with van der Waals surface area (Å²) in [5.41, 5.74) is 0. The van der Waals surface area contributed by atoms with Gasteiger partial charge in [-0.2, -0.15) is 0 Å². The van der Waals surface area contributed by atoms with Crippen molar-refractivity contribution in [1.82, 2.24) is 0 Å². The lowest BCUT2D eigenvalue weighted by molar-refractivity contribution is -0.220. The molecule has 2 aliphatic rings. The summed E-state index contributed by atoms with van der Waals surface area (Å²) in [5.74, 6) is -1.17. The van der Waals surface area contributed by atoms with Gasteiger partial charge in [0.05, 0.1) is 18.8 Å². The number of carbonyl (C=O) groups is 2. The van der Waals surface area contributed by atoms with Crippen molar-refractivity contribution >= 4 is 19.8 Å². The number of phosphoric acid groups is 1. The fourth-order valence-corrected chi connectivity index (χ4v) is 8.35. The zero-order valence-electron chi connectivity index (χ0n) is 37.9. The van der Waals surface area contributed by atoms with Crippen LogP contribution in [-0.4, -0.2) is 111 Å². The van der Waals surface area contributed by atoms with Crippen LogP contribution in [-0.2, 0) is 37.4 Å². The highest BCUT2D eigenvalue weighted by Gasteiger charge is 2.51. The van der Waals surface area contributed by atoms with E-state index in [0.29, 0.717) is 19.3 Å². The van der Waals surface area contributed by atoms with Gasteiger partial charge in [-0.1, -0.05) is 153 Å². The Labute approximate surface area is 372 Å². The molecule has 15 heteroatoms. The predicted octanol–water partition coefficient (Wildman–Crippen LogP) is 8.38. The zero-order chi connectivity index (χ0) is 45.4. The molecule has 0 aromatic heterocycles. The molecule has 1 saturated heterocycles. The Morgan fingerprint density at radius 3 is 1.60 bits per heavy atom. The summed E-state index contributed by atoms with van der Waals surface area (Å²) in [4.78, 5) is 35.8. The van der Waals surface area contributed by atoms with Crippen molar-refractivity contribution in [3.63, 3.8) is 0 Å². The van der Waals surface area contributed by atoms with E-state index in [1.807, 2.05) is 12.2 Å². The molecule has 14 nitrogen and oxygen atoms in total. The molecular formula is C47H83O14P. The summed E-state index contributed by atoms with van der Waals surface area (Å²) >= 11 is 0. The van der Waals surface area contributed by atoms with E-state index in [4.69, 9.17) is 23.3 Å². The minimum Gasteiger partial charge on any atom is -0.462 e. The molecule has 2 fully saturated rings. The number of phosphoric ester groups is 1. The van der Waals surface area contributed by atoms with Gasteiger partial charge in [0.15, 0.2) is 6.10 Å². The average molecular weight is 903 g/mol. The molecule has 1 saturated carbocycles. The van der Waals surface area contributed by atoms with E-state index in [0.717, 1.165) is 44.9 Å². The Balaban J connectivity index is 1.73. The second-order valence-electron chi connectivity index (χ2n) is 17.0. The Morgan fingerprint density at radius 2 is 1.02 bits per heavy atom. The molecule has 0 spiro atoms. The Kier molecular flexibility index (Phi) is 31.1. The SMILES string of the molecule is CCCCCC=CCC=CCC1OC1CC=CCCCC(=O)OC(COC(=O)CCCCCCCCCCCCCCCCC)COP(=O)(O)OC1C(O)C(O)C(O)C(O)C1O. The van der Waals surface area contributed by atoms with Gasteiger partial charge < -0.3 is 44.6 Å². The summed E-state index contributed by atoms with van der Waals surface area (Å²) in [7, 11) is -5.14. The van der Waals surface area contributed by atoms with Crippen LogP contribution in [0.4, 0.5) is 0 Å². The van der Waals surface area contributed by atoms with Gasteiger partial charge >= 0.3 is 19.8 Å². The molecule has 1 aliphatic carbocycles. The number of unbranched alkanes of at least 4 members (excludes halogenated alkanes) is 18. The number of hydrogen-bond donors (Lipinski definition) is 6. The molecule has 360 valence electrons. The van der Waals surface area contributed by atoms with Crippen LogP contribution in [0.3, 0.4) is 0 Å². The molecule has 0 aromatic carbocycles. The third-order valence-corrected chi connectivity index (χ3v) is 12.4. The standard InChI is InChI=1S/C47H83O14P/c1-3-5-7-9-11-13-14-15-16-17-18-20-22-24-29-33-40(48)57-35-37(36-58-62(55,56)61-47-45(53)43(51)42(50)44(52)46(47)54)59-41(49)34-30-26-25-28-32-39-38(60-39)31-27-23-21-19-12-10-8-6-4-2/h12,19,23,25,27-28,37-39,42-47,50-54H,3-11,13-18,20-22,24,26,29-36H2,1-2H3,(H,55,56). The van der Waals surface area contributed by atoms with Gasteiger partial charge in [0.25, 0.3) is 0 Å². The summed E-state index contributed by atoms with van der Waals surface area (Å²) in [6, 6.07) is 0. The van der Waals surface area contributed by atoms with Crippen LogP contribution in [0.25, 0.3) is 0 Å². The van der Waals surface area contributed by atoms with Gasteiger partial charge in [-0.05, 0) is 51.4 Å². The van der Waals surface area contributed by atoms with E-state index in [1.165, 1.54) is 89.9 Å². The van der Waals surface area contributed by atoms with Crippen LogP contribution in [0.1, 0.15) is 181 Å². The van der Waals surface area contributed by atoms with Gasteiger partial charge in [-0.3, -0.25) is 18.6 Å². The van der Waals surface area contributed by atoms with E-state index in [1.54, 1.807) is 0 Å². The highest BCUT2D eigenvalue weighted by atomic mass is 31.2. The lowest BCUT2D eigenvalue weighted by Crippen LogP contribution is -2.64. The number of allylic oxidation sites excluding steroid dienone is 4. The van der Waals surface area contributed by atoms with Crippen LogP contribution in [0.2, 0.25) is 0 Å². The van der Waals surface area contributed by atoms with Crippen LogP contribution >= 0.6 is 7.82 Å². The fourth-order valence-electron chi connectivity index (χ4n) is 7.38. The first-order valence-electron chi connectivity index (χ1n) is 23.9. The number of ether oxygens (including phenoxy) is 3. The molecular weight excluding hydrogens is 819 g/mol. The highest BCUT2D eigenvalue weighted by molar-refractivity contribution is 7.47. The van der Waals surface area contributed by atoms with Crippen LogP contribution in [0.5, 0.6) is 0 Å². The third kappa shape index (κ3) is 26.1. The minimum absolute atomic E-state index is 0.0140. The number of epoxide rings is 1. The van der Waals surface area contributed by atoms with Gasteiger partial charge in [0.2, 0.25) is 0 Å². The number of esters is 2. The third-order valence-electron chi connectivity index (χ3n) is 11.4. The summed E-state index contributed by atoms with van der Waals surface area (Å²) in [6.07, 6.45) is 26.5. The van der Waals surface area contributed by atoms with Crippen LogP contribution < -0.4 is 0 Å². The molecule has 8 unspecified atom stereocenters. The summed E-state index contributed by atoms with van der Waals surface area (Å²) < 4.78 is 39.3. The topological polar surface area (TPSA) is 222 Å². The Hall–Kier alpha value is -1.97. The zero-order valence-corrected chi connectivity index (χ0v) is 38.8. The monoisotopic (exact) mass is 903 g/mol. The van der Waals surface area contributed by atoms with Crippen molar-refractivity contribution in [3.8, 4) is 0 Å². The predicted molar refractivity (Wildman–Crippen MR) is 239 cm³/mol. The molecule has 0 bridgehead atoms. The smallest absolute Gasteiger partial charge is 0.462 e. The quantitative estimate of drug-likeness (QED) is 0.0113. The van der Waals surface area contributed by atoms with Crippen LogP contribution in [0.15, 0.2) is 36.5 Å². The molecule has 1 aliphatic heterocycles. The van der Waals surface area contributed by atoms with Crippen molar-refractivity contribution in [2.24, 2.45) is 0 Å². The van der Waals surface area contributed by atoms with Crippen LogP contribution in [0, 0.1) is 0 Å². The van der Waals surface area contributed by atoms with Crippen molar-refractivity contribution in [2.75, 3.05) is 13.2 Å². The van der Waals surface area contributed by atoms with E-state index >= 15 is 0 Å². The van der Waals surface area contributed by atoms with Gasteiger partial charge in [-0.25, -0.2) is 4.57 Å². The van der Waals surface area contributed by atoms with Crippen molar-refractivity contribution in [2.45, 2.75) is 236 Å². The first-order chi connectivity index (χ1) is 29.9. The Morgan fingerprint density at radius 1 is 0.565 bits per heavy atom. The normalized spacial score (nSPS) is 25.4. The maximum absolute atomic E-state index is 12.8. The first kappa shape index (κ1) is 56.2. The van der Waals surface area contributed by atoms with Crippen molar-refractivity contribution < 1.29 is 67.8 Å². The number of carbonyl (C=O) groups excluding carboxylic acids is 2. The van der Waals surface area contributed by atoms with Crippen molar-refractivity contribution in [3.05, 3.63) is 36.5 Å². The largest absolute Gasteiger partial charge is 0.472 e. The average Bonchev–Trinajstić information content (AvgIpc) is 4.01. The molecule has 0 radical (unpaired) electrons. The molecule has 62 heavy (non-hydrogen) atoms. The Bertz CT molecular complexity index is 1290. The molecule has 8 atom stereocenters. The maximum atomic E-state index is 12.8.